The Labute approximate surface area is 260 Å². The average molecular weight is 674 g/mol. The van der Waals surface area contributed by atoms with Gasteiger partial charge in [0.2, 0.25) is 5.79 Å². The summed E-state index contributed by atoms with van der Waals surface area (Å²) < 4.78 is 25.0. The summed E-state index contributed by atoms with van der Waals surface area (Å²) in [5.74, 6) is -29.6. The van der Waals surface area contributed by atoms with Crippen LogP contribution in [0.2, 0.25) is 0 Å². The van der Waals surface area contributed by atoms with Crippen LogP contribution in [0, 0.1) is 5.82 Å². The van der Waals surface area contributed by atoms with Crippen LogP contribution in [0.25, 0.3) is 0 Å². The maximum Gasteiger partial charge on any atom is 0.354 e. The van der Waals surface area contributed by atoms with Crippen molar-refractivity contribution in [3.05, 3.63) is 64.5 Å². The number of carbonyl (C=O) groups excluding carboxylic acids is 3. The molecule has 2 unspecified atom stereocenters. The summed E-state index contributed by atoms with van der Waals surface area (Å²) >= 11 is 0. The minimum absolute atomic E-state index is 0.0924. The number of benzene rings is 2. The van der Waals surface area contributed by atoms with Gasteiger partial charge in [-0.25, -0.2) is 4.39 Å². The lowest BCUT2D eigenvalue weighted by Gasteiger charge is -2.56. The second kappa shape index (κ2) is 10.4. The van der Waals surface area contributed by atoms with Gasteiger partial charge in [-0.05, 0) is 30.7 Å². The van der Waals surface area contributed by atoms with Crippen molar-refractivity contribution in [3.63, 3.8) is 0 Å². The van der Waals surface area contributed by atoms with Gasteiger partial charge in [0, 0.05) is 23.2 Å². The number of hydrogen-bond donors (Lipinski definition) is 13. The van der Waals surface area contributed by atoms with E-state index in [0.29, 0.717) is 6.92 Å². The Morgan fingerprint density at radius 3 is 2.15 bits per heavy atom. The molecular weight excluding hydrogens is 645 g/mol. The molecule has 0 radical (unpaired) electrons. The minimum Gasteiger partial charge on any atom is -0.488 e. The van der Waals surface area contributed by atoms with Gasteiger partial charge in [-0.2, -0.15) is 4.90 Å². The summed E-state index contributed by atoms with van der Waals surface area (Å²) in [7, 11) is 0. The molecule has 3 aliphatic heterocycles. The SMILES string of the molecule is CC1(O)OC(O)(O)C(O)(O)N(Cc2ccc(COc3cccc4c3CN(C3(O)C(=O)NC(=O)C(O)(O)C3(O)O)C4=O)c(F)c2)C1(O)O. The fourth-order valence-corrected chi connectivity index (χ4v) is 5.27. The van der Waals surface area contributed by atoms with Gasteiger partial charge in [0.1, 0.15) is 18.2 Å². The van der Waals surface area contributed by atoms with Crippen LogP contribution in [0.1, 0.15) is 34.0 Å². The van der Waals surface area contributed by atoms with E-state index in [1.165, 1.54) is 23.5 Å². The lowest BCUT2D eigenvalue weighted by Crippen LogP contribution is -2.85. The van der Waals surface area contributed by atoms with Crippen LogP contribution in [0.3, 0.4) is 0 Å². The van der Waals surface area contributed by atoms with Crippen LogP contribution in [-0.4, -0.2) is 130 Å². The predicted octanol–water partition coefficient (Wildman–Crippen LogP) is -6.48. The van der Waals surface area contributed by atoms with E-state index >= 15 is 4.39 Å². The van der Waals surface area contributed by atoms with Gasteiger partial charge in [-0.15, -0.1) is 0 Å². The number of aliphatic hydroxyl groups is 12. The second-order valence-electron chi connectivity index (χ2n) is 11.2. The van der Waals surface area contributed by atoms with Crippen LogP contribution in [-0.2, 0) is 34.0 Å². The van der Waals surface area contributed by atoms with Crippen LogP contribution < -0.4 is 10.1 Å². The Bertz CT molecular complexity index is 1650. The van der Waals surface area contributed by atoms with Gasteiger partial charge in [0.15, 0.2) is 0 Å². The highest BCUT2D eigenvalue weighted by molar-refractivity contribution is 6.10. The van der Waals surface area contributed by atoms with E-state index < -0.39 is 84.1 Å². The first-order valence-electron chi connectivity index (χ1n) is 13.2. The summed E-state index contributed by atoms with van der Waals surface area (Å²) in [5.41, 5.74) is -4.62. The molecule has 2 fully saturated rings. The molecule has 2 aromatic rings. The topological polar surface area (TPSA) is 331 Å². The third-order valence-electron chi connectivity index (χ3n) is 8.14. The van der Waals surface area contributed by atoms with Gasteiger partial charge < -0.3 is 66.0 Å². The highest BCUT2D eigenvalue weighted by Gasteiger charge is 2.76. The number of rotatable bonds is 6. The second-order valence-corrected chi connectivity index (χ2v) is 11.2. The molecule has 0 saturated carbocycles. The van der Waals surface area contributed by atoms with Gasteiger partial charge in [-0.3, -0.25) is 29.3 Å². The van der Waals surface area contributed by atoms with E-state index in [9.17, 15) is 75.7 Å². The number of carbonyl (C=O) groups is 3. The summed E-state index contributed by atoms with van der Waals surface area (Å²) in [6.07, 6.45) is 0. The van der Waals surface area contributed by atoms with Crippen LogP contribution in [0.4, 0.5) is 4.39 Å². The van der Waals surface area contributed by atoms with Crippen molar-refractivity contribution in [2.24, 2.45) is 0 Å². The van der Waals surface area contributed by atoms with E-state index in [1.807, 2.05) is 0 Å². The number of hydrogen-bond acceptors (Lipinski definition) is 18. The monoisotopic (exact) mass is 673 g/mol. The van der Waals surface area contributed by atoms with Crippen molar-refractivity contribution in [2.45, 2.75) is 67.5 Å². The fraction of sp³-hybridized carbons (Fsp3) is 0.423. The molecule has 5 rings (SSSR count). The molecule has 0 aliphatic carbocycles. The van der Waals surface area contributed by atoms with E-state index in [-0.39, 0.29) is 37.8 Å². The van der Waals surface area contributed by atoms with Crippen molar-refractivity contribution in [2.75, 3.05) is 0 Å². The van der Waals surface area contributed by atoms with Gasteiger partial charge in [0.25, 0.3) is 35.1 Å². The minimum atomic E-state index is -4.33. The van der Waals surface area contributed by atoms with Crippen molar-refractivity contribution in [1.29, 1.82) is 0 Å². The van der Waals surface area contributed by atoms with Gasteiger partial charge >= 0.3 is 17.7 Å². The summed E-state index contributed by atoms with van der Waals surface area (Å²) in [6, 6.07) is 6.67. The zero-order valence-electron chi connectivity index (χ0n) is 23.8. The molecule has 0 spiro atoms. The van der Waals surface area contributed by atoms with Crippen LogP contribution >= 0.6 is 0 Å². The lowest BCUT2D eigenvalue weighted by atomic mass is 9.86. The number of morpholine rings is 1. The molecule has 2 saturated heterocycles. The zero-order valence-corrected chi connectivity index (χ0v) is 23.8. The fourth-order valence-electron chi connectivity index (χ4n) is 5.27. The van der Waals surface area contributed by atoms with Crippen molar-refractivity contribution in [3.8, 4) is 5.75 Å². The molecule has 47 heavy (non-hydrogen) atoms. The molecule has 3 amide bonds. The number of nitrogens with zero attached hydrogens (tertiary/aromatic N) is 2. The van der Waals surface area contributed by atoms with Crippen LogP contribution in [0.5, 0.6) is 5.75 Å². The highest BCUT2D eigenvalue weighted by atomic mass is 19.1. The summed E-state index contributed by atoms with van der Waals surface area (Å²) in [5, 5.41) is 124. The lowest BCUT2D eigenvalue weighted by molar-refractivity contribution is -0.624. The Morgan fingerprint density at radius 1 is 0.894 bits per heavy atom. The first kappa shape index (κ1) is 34.6. The number of imide groups is 1. The van der Waals surface area contributed by atoms with E-state index in [2.05, 4.69) is 4.74 Å². The summed E-state index contributed by atoms with van der Waals surface area (Å²) in [6.45, 7) is -1.89. The molecule has 2 aromatic carbocycles. The molecule has 0 bridgehead atoms. The predicted molar refractivity (Wildman–Crippen MR) is 138 cm³/mol. The number of fused-ring (bicyclic) bond motifs is 1. The Morgan fingerprint density at radius 2 is 1.53 bits per heavy atom. The number of piperidine rings is 1. The van der Waals surface area contributed by atoms with Crippen molar-refractivity contribution in [1.82, 2.24) is 15.1 Å². The number of ether oxygens (including phenoxy) is 2. The average Bonchev–Trinajstić information content (AvgIpc) is 3.29. The molecule has 2 atom stereocenters. The molecular formula is C26H28FN3O17. The molecule has 3 heterocycles. The molecule has 0 aromatic heterocycles. The normalized spacial score (nSPS) is 29.0. The van der Waals surface area contributed by atoms with Gasteiger partial charge in [0.05, 0.1) is 6.54 Å². The molecule has 13 N–H and O–H groups in total. The van der Waals surface area contributed by atoms with E-state index in [0.717, 1.165) is 18.2 Å². The summed E-state index contributed by atoms with van der Waals surface area (Å²) in [4.78, 5) is 37.4. The number of halogens is 1. The van der Waals surface area contributed by atoms with E-state index in [1.54, 1.807) is 0 Å². The highest BCUT2D eigenvalue weighted by Crippen LogP contribution is 2.44. The van der Waals surface area contributed by atoms with Crippen molar-refractivity contribution < 1.29 is 89.5 Å². The maximum absolute atomic E-state index is 15.1. The number of nitrogens with one attached hydrogen (secondary N) is 1. The van der Waals surface area contributed by atoms with Gasteiger partial charge in [-0.1, -0.05) is 18.2 Å². The zero-order chi connectivity index (χ0) is 35.3. The number of amides is 3. The van der Waals surface area contributed by atoms with Crippen molar-refractivity contribution >= 4 is 17.7 Å². The Balaban J connectivity index is 1.37. The Hall–Kier alpha value is -3.78. The largest absolute Gasteiger partial charge is 0.488 e. The third-order valence-corrected chi connectivity index (χ3v) is 8.14. The molecule has 3 aliphatic rings. The Kier molecular flexibility index (Phi) is 7.61. The van der Waals surface area contributed by atoms with E-state index in [4.69, 9.17) is 4.74 Å². The maximum atomic E-state index is 15.1. The molecule has 256 valence electrons. The first-order chi connectivity index (χ1) is 21.3. The van der Waals surface area contributed by atoms with Crippen LogP contribution in [0.15, 0.2) is 36.4 Å². The molecule has 20 nitrogen and oxygen atoms in total. The standard InChI is InChI=1S/C26H28FN3O17/c1-20(34)24(40,41)30(25(42,43)26(44,45)47-20)8-11-5-6-12(15(27)7-11)10-46-16-4-2-3-13-14(16)9-29(17(13)31)21(35)18(32)28-19(33)22(36,37)23(21,38)39/h2-7,34-45H,8-10H2,1H3,(H,28,32,33). The third kappa shape index (κ3) is 4.73. The first-order valence-corrected chi connectivity index (χ1v) is 13.2. The smallest absolute Gasteiger partial charge is 0.354 e. The quantitative estimate of drug-likeness (QED) is 0.100. The molecule has 21 heteroatoms.